The van der Waals surface area contributed by atoms with E-state index in [0.29, 0.717) is 6.54 Å². The molecule has 0 fully saturated rings. The number of rotatable bonds is 6. The molecule has 0 aromatic rings. The summed E-state index contributed by atoms with van der Waals surface area (Å²) in [5, 5.41) is 12.2. The number of hydrogen-bond acceptors (Lipinski definition) is 3. The van der Waals surface area contributed by atoms with Gasteiger partial charge >= 0.3 is 5.97 Å². The van der Waals surface area contributed by atoms with E-state index >= 15 is 0 Å². The van der Waals surface area contributed by atoms with Crippen molar-refractivity contribution in [3.05, 3.63) is 0 Å². The van der Waals surface area contributed by atoms with Gasteiger partial charge in [0.1, 0.15) is 0 Å². The minimum absolute atomic E-state index is 0.316. The Hall–Kier alpha value is -1.10. The predicted octanol–water partition coefficient (Wildman–Crippen LogP) is 0.587. The molecule has 0 saturated heterocycles. The third-order valence-corrected chi connectivity index (χ3v) is 3.43. The average Bonchev–Trinajstić information content (AvgIpc) is 2.13. The molecule has 0 heterocycles. The van der Waals surface area contributed by atoms with Crippen LogP contribution >= 0.6 is 0 Å². The molecule has 0 aliphatic carbocycles. The first-order valence-electron chi connectivity index (χ1n) is 5.30. The third-order valence-electron chi connectivity index (χ3n) is 3.43. The van der Waals surface area contributed by atoms with Crippen LogP contribution in [0, 0.1) is 11.3 Å². The molecule has 0 aromatic carbocycles. The summed E-state index contributed by atoms with van der Waals surface area (Å²) in [5.41, 5.74) is 3.59. The van der Waals surface area contributed by atoms with E-state index in [9.17, 15) is 9.59 Å². The Balaban J connectivity index is 4.58. The van der Waals surface area contributed by atoms with E-state index in [-0.39, 0.29) is 5.92 Å². The highest BCUT2D eigenvalue weighted by molar-refractivity contribution is 5.77. The van der Waals surface area contributed by atoms with E-state index in [1.165, 1.54) is 0 Å². The number of carboxylic acid groups (broad SMARTS) is 1. The van der Waals surface area contributed by atoms with Crippen LogP contribution in [0.15, 0.2) is 0 Å². The van der Waals surface area contributed by atoms with Gasteiger partial charge in [-0.2, -0.15) is 0 Å². The zero-order valence-electron chi connectivity index (χ0n) is 10.6. The lowest BCUT2D eigenvalue weighted by Gasteiger charge is -2.39. The van der Waals surface area contributed by atoms with Gasteiger partial charge < -0.3 is 16.2 Å². The van der Waals surface area contributed by atoms with Crippen molar-refractivity contribution in [3.63, 3.8) is 0 Å². The van der Waals surface area contributed by atoms with Crippen LogP contribution in [0.5, 0.6) is 0 Å². The molecular formula is C11H22N2O3. The molecule has 0 spiro atoms. The fourth-order valence-electron chi connectivity index (χ4n) is 0.997. The van der Waals surface area contributed by atoms with E-state index in [0.717, 1.165) is 0 Å². The van der Waals surface area contributed by atoms with Crippen molar-refractivity contribution < 1.29 is 14.7 Å². The summed E-state index contributed by atoms with van der Waals surface area (Å²) in [4.78, 5) is 22.0. The third kappa shape index (κ3) is 3.20. The summed E-state index contributed by atoms with van der Waals surface area (Å²) in [5.74, 6) is -1.59. The van der Waals surface area contributed by atoms with Gasteiger partial charge in [-0.15, -0.1) is 0 Å². The van der Waals surface area contributed by atoms with Crippen molar-refractivity contribution in [3.8, 4) is 0 Å². The van der Waals surface area contributed by atoms with Crippen LogP contribution in [0.25, 0.3) is 0 Å². The van der Waals surface area contributed by atoms with Crippen molar-refractivity contribution in [1.82, 2.24) is 5.32 Å². The number of carbonyl (C=O) groups is 2. The molecule has 0 aliphatic heterocycles. The maximum absolute atomic E-state index is 11.1. The molecule has 0 aliphatic rings. The average molecular weight is 230 g/mol. The lowest BCUT2D eigenvalue weighted by atomic mass is 9.74. The fourth-order valence-corrected chi connectivity index (χ4v) is 0.997. The summed E-state index contributed by atoms with van der Waals surface area (Å²) in [6.45, 7) is 8.98. The van der Waals surface area contributed by atoms with E-state index in [4.69, 9.17) is 10.8 Å². The number of nitrogens with two attached hydrogens (primary N) is 1. The zero-order valence-corrected chi connectivity index (χ0v) is 10.6. The smallest absolute Gasteiger partial charge is 0.310 e. The fraction of sp³-hybridized carbons (Fsp3) is 0.818. The Morgan fingerprint density at radius 2 is 1.75 bits per heavy atom. The topological polar surface area (TPSA) is 92.4 Å². The van der Waals surface area contributed by atoms with Gasteiger partial charge in [-0.25, -0.2) is 0 Å². The predicted molar refractivity (Wildman–Crippen MR) is 61.9 cm³/mol. The lowest BCUT2D eigenvalue weighted by Crippen LogP contribution is -2.56. The van der Waals surface area contributed by atoms with E-state index in [2.05, 4.69) is 5.32 Å². The molecule has 0 rings (SSSR count). The van der Waals surface area contributed by atoms with E-state index in [1.54, 1.807) is 34.6 Å². The Kier molecular flexibility index (Phi) is 4.49. The number of carbonyl (C=O) groups excluding carboxylic acids is 1. The highest BCUT2D eigenvalue weighted by Crippen LogP contribution is 2.30. The number of carboxylic acids is 1. The number of aliphatic carboxylic acids is 1. The Bertz CT molecular complexity index is 285. The van der Waals surface area contributed by atoms with Crippen LogP contribution in [-0.4, -0.2) is 29.1 Å². The van der Waals surface area contributed by atoms with Crippen molar-refractivity contribution in [2.75, 3.05) is 6.54 Å². The highest BCUT2D eigenvalue weighted by atomic mass is 16.4. The minimum atomic E-state index is -0.926. The van der Waals surface area contributed by atoms with Crippen LogP contribution in [0.1, 0.15) is 34.6 Å². The summed E-state index contributed by atoms with van der Waals surface area (Å²) >= 11 is 0. The van der Waals surface area contributed by atoms with Gasteiger partial charge in [-0.3, -0.25) is 9.59 Å². The van der Waals surface area contributed by atoms with Crippen molar-refractivity contribution in [1.29, 1.82) is 0 Å². The van der Waals surface area contributed by atoms with Crippen molar-refractivity contribution in [2.45, 2.75) is 40.2 Å². The molecule has 4 N–H and O–H groups in total. The molecule has 1 amide bonds. The van der Waals surface area contributed by atoms with Crippen molar-refractivity contribution in [2.24, 2.45) is 17.1 Å². The number of amides is 1. The Morgan fingerprint density at radius 1 is 1.31 bits per heavy atom. The first-order valence-corrected chi connectivity index (χ1v) is 5.30. The molecule has 5 nitrogen and oxygen atoms in total. The van der Waals surface area contributed by atoms with Crippen LogP contribution in [0.3, 0.4) is 0 Å². The molecule has 0 aromatic heterocycles. The summed E-state index contributed by atoms with van der Waals surface area (Å²) in [7, 11) is 0. The lowest BCUT2D eigenvalue weighted by molar-refractivity contribution is -0.151. The summed E-state index contributed by atoms with van der Waals surface area (Å²) < 4.78 is 0. The zero-order chi connectivity index (χ0) is 13.1. The van der Waals surface area contributed by atoms with Gasteiger partial charge in [0.05, 0.1) is 5.41 Å². The van der Waals surface area contributed by atoms with E-state index < -0.39 is 22.8 Å². The monoisotopic (exact) mass is 230 g/mol. The Morgan fingerprint density at radius 3 is 2.06 bits per heavy atom. The Labute approximate surface area is 96.4 Å². The maximum Gasteiger partial charge on any atom is 0.310 e. The first-order chi connectivity index (χ1) is 7.02. The van der Waals surface area contributed by atoms with Gasteiger partial charge in [0.25, 0.3) is 0 Å². The summed E-state index contributed by atoms with van der Waals surface area (Å²) in [6.07, 6.45) is 0. The molecular weight excluding hydrogens is 208 g/mol. The van der Waals surface area contributed by atoms with E-state index in [1.807, 2.05) is 0 Å². The maximum atomic E-state index is 11.1. The first kappa shape index (κ1) is 14.9. The molecule has 94 valence electrons. The minimum Gasteiger partial charge on any atom is -0.481 e. The molecule has 0 saturated carbocycles. The van der Waals surface area contributed by atoms with Gasteiger partial charge in [-0.05, 0) is 27.7 Å². The molecule has 0 bridgehead atoms. The molecule has 16 heavy (non-hydrogen) atoms. The van der Waals surface area contributed by atoms with Crippen LogP contribution in [0.2, 0.25) is 0 Å². The largest absolute Gasteiger partial charge is 0.481 e. The van der Waals surface area contributed by atoms with Gasteiger partial charge in [-0.1, -0.05) is 6.92 Å². The molecule has 1 unspecified atom stereocenters. The van der Waals surface area contributed by atoms with Crippen LogP contribution < -0.4 is 11.1 Å². The number of primary amides is 1. The molecule has 0 radical (unpaired) electrons. The normalized spacial score (nSPS) is 14.6. The molecule has 1 atom stereocenters. The number of nitrogens with one attached hydrogen (secondary N) is 1. The second-order valence-corrected chi connectivity index (χ2v) is 5.24. The standard InChI is InChI=1S/C11H22N2O3/c1-7(8(12)14)6-13-11(4,5)10(2,3)9(15)16/h7,13H,6H2,1-5H3,(H2,12,14)(H,15,16). The SMILES string of the molecule is CC(CNC(C)(C)C(C)(C)C(=O)O)C(N)=O. The summed E-state index contributed by atoms with van der Waals surface area (Å²) in [6, 6.07) is 0. The highest BCUT2D eigenvalue weighted by Gasteiger charge is 2.43. The number of hydrogen-bond donors (Lipinski definition) is 3. The van der Waals surface area contributed by atoms with Gasteiger partial charge in [0.15, 0.2) is 0 Å². The van der Waals surface area contributed by atoms with Crippen molar-refractivity contribution >= 4 is 11.9 Å². The van der Waals surface area contributed by atoms with Gasteiger partial charge in [0, 0.05) is 18.0 Å². The van der Waals surface area contributed by atoms with Gasteiger partial charge in [0.2, 0.25) is 5.91 Å². The quantitative estimate of drug-likeness (QED) is 0.622. The van der Waals surface area contributed by atoms with Crippen LogP contribution in [0.4, 0.5) is 0 Å². The second-order valence-electron chi connectivity index (χ2n) is 5.24. The second kappa shape index (κ2) is 4.82. The van der Waals surface area contributed by atoms with Crippen LogP contribution in [-0.2, 0) is 9.59 Å². The molecule has 5 heteroatoms.